The Hall–Kier alpha value is -1.10. The number of amides is 2. The van der Waals surface area contributed by atoms with Crippen molar-refractivity contribution in [1.82, 2.24) is 15.2 Å². The van der Waals surface area contributed by atoms with Crippen LogP contribution in [0.2, 0.25) is 0 Å². The van der Waals surface area contributed by atoms with E-state index in [2.05, 4.69) is 17.2 Å². The molecule has 0 aliphatic heterocycles. The second-order valence-corrected chi connectivity index (χ2v) is 5.06. The number of unbranched alkanes of at least 4 members (excludes halogenated alkanes) is 1. The zero-order valence-electron chi connectivity index (χ0n) is 10.8. The van der Waals surface area contributed by atoms with E-state index in [0.29, 0.717) is 0 Å². The Morgan fingerprint density at radius 3 is 2.94 bits per heavy atom. The molecule has 5 heteroatoms. The van der Waals surface area contributed by atoms with Crippen LogP contribution in [0.25, 0.3) is 0 Å². The van der Waals surface area contributed by atoms with Gasteiger partial charge in [0.05, 0.1) is 11.2 Å². The van der Waals surface area contributed by atoms with Gasteiger partial charge in [-0.2, -0.15) is 0 Å². The number of aryl methyl sites for hydroxylation is 1. The summed E-state index contributed by atoms with van der Waals surface area (Å²) < 4.78 is 0. The first-order chi connectivity index (χ1) is 8.15. The molecule has 0 saturated heterocycles. The number of carbonyl (C=O) groups excluding carboxylic acids is 1. The molecular formula is C12H21N3OS. The van der Waals surface area contributed by atoms with Crippen LogP contribution < -0.4 is 5.32 Å². The van der Waals surface area contributed by atoms with E-state index >= 15 is 0 Å². The van der Waals surface area contributed by atoms with Crippen LogP contribution >= 0.6 is 11.3 Å². The average Bonchev–Trinajstić information content (AvgIpc) is 2.72. The van der Waals surface area contributed by atoms with Crippen molar-refractivity contribution in [3.05, 3.63) is 16.1 Å². The zero-order chi connectivity index (χ0) is 12.7. The summed E-state index contributed by atoms with van der Waals surface area (Å²) in [5.41, 5.74) is 2.93. The molecule has 4 nitrogen and oxygen atoms in total. The molecule has 1 rings (SSSR count). The standard InChI is InChI=1S/C12H21N3OS/c1-4-5-7-13-12(16)15(3)8-6-11-10(2)14-9-17-11/h9H,4-8H2,1-3H3,(H,13,16). The van der Waals surface area contributed by atoms with Crippen LogP contribution in [0.1, 0.15) is 30.3 Å². The minimum absolute atomic E-state index is 0.0145. The number of rotatable bonds is 6. The lowest BCUT2D eigenvalue weighted by atomic mass is 10.3. The van der Waals surface area contributed by atoms with Gasteiger partial charge in [0.25, 0.3) is 0 Å². The van der Waals surface area contributed by atoms with Crippen molar-refractivity contribution in [3.8, 4) is 0 Å². The minimum atomic E-state index is 0.0145. The van der Waals surface area contributed by atoms with Crippen LogP contribution in [0.5, 0.6) is 0 Å². The number of urea groups is 1. The van der Waals surface area contributed by atoms with E-state index in [1.54, 1.807) is 16.2 Å². The summed E-state index contributed by atoms with van der Waals surface area (Å²) in [4.78, 5) is 18.9. The predicted molar refractivity (Wildman–Crippen MR) is 71.5 cm³/mol. The Balaban J connectivity index is 2.27. The van der Waals surface area contributed by atoms with Gasteiger partial charge < -0.3 is 10.2 Å². The number of hydrogen-bond acceptors (Lipinski definition) is 3. The van der Waals surface area contributed by atoms with Crippen molar-refractivity contribution in [2.75, 3.05) is 20.1 Å². The minimum Gasteiger partial charge on any atom is -0.338 e. The summed E-state index contributed by atoms with van der Waals surface area (Å²) >= 11 is 1.66. The summed E-state index contributed by atoms with van der Waals surface area (Å²) in [6.07, 6.45) is 3.02. The molecule has 1 aromatic heterocycles. The van der Waals surface area contributed by atoms with Crippen molar-refractivity contribution >= 4 is 17.4 Å². The second-order valence-electron chi connectivity index (χ2n) is 4.12. The summed E-state index contributed by atoms with van der Waals surface area (Å²) in [6, 6.07) is 0.0145. The number of likely N-dealkylation sites (N-methyl/N-ethyl adjacent to an activating group) is 1. The molecule has 0 atom stereocenters. The summed E-state index contributed by atoms with van der Waals surface area (Å²) in [6.45, 7) is 5.62. The summed E-state index contributed by atoms with van der Waals surface area (Å²) in [5, 5.41) is 2.90. The van der Waals surface area contributed by atoms with E-state index in [1.807, 2.05) is 19.5 Å². The van der Waals surface area contributed by atoms with Gasteiger partial charge in [0, 0.05) is 31.4 Å². The van der Waals surface area contributed by atoms with E-state index < -0.39 is 0 Å². The first kappa shape index (κ1) is 14.0. The highest BCUT2D eigenvalue weighted by Crippen LogP contribution is 2.12. The van der Waals surface area contributed by atoms with E-state index in [-0.39, 0.29) is 6.03 Å². The monoisotopic (exact) mass is 255 g/mol. The van der Waals surface area contributed by atoms with E-state index in [1.165, 1.54) is 4.88 Å². The van der Waals surface area contributed by atoms with Gasteiger partial charge in [-0.3, -0.25) is 0 Å². The fourth-order valence-electron chi connectivity index (χ4n) is 1.44. The van der Waals surface area contributed by atoms with Crippen LogP contribution in [-0.2, 0) is 6.42 Å². The molecule has 1 aromatic rings. The lowest BCUT2D eigenvalue weighted by Gasteiger charge is -2.17. The highest BCUT2D eigenvalue weighted by Gasteiger charge is 2.09. The average molecular weight is 255 g/mol. The SMILES string of the molecule is CCCCNC(=O)N(C)CCc1scnc1C. The summed E-state index contributed by atoms with van der Waals surface area (Å²) in [7, 11) is 1.83. The van der Waals surface area contributed by atoms with E-state index in [4.69, 9.17) is 0 Å². The molecule has 0 fully saturated rings. The Morgan fingerprint density at radius 2 is 2.35 bits per heavy atom. The zero-order valence-corrected chi connectivity index (χ0v) is 11.6. The molecule has 0 aliphatic rings. The number of nitrogens with zero attached hydrogens (tertiary/aromatic N) is 2. The molecule has 0 spiro atoms. The molecule has 0 aliphatic carbocycles. The molecule has 1 N–H and O–H groups in total. The van der Waals surface area contributed by atoms with Gasteiger partial charge in [-0.05, 0) is 13.3 Å². The highest BCUT2D eigenvalue weighted by atomic mass is 32.1. The van der Waals surface area contributed by atoms with Gasteiger partial charge in [0.15, 0.2) is 0 Å². The van der Waals surface area contributed by atoms with Gasteiger partial charge in [-0.25, -0.2) is 9.78 Å². The van der Waals surface area contributed by atoms with Crippen LogP contribution in [0.4, 0.5) is 4.79 Å². The molecule has 0 saturated carbocycles. The molecule has 1 heterocycles. The maximum Gasteiger partial charge on any atom is 0.317 e. The molecular weight excluding hydrogens is 234 g/mol. The predicted octanol–water partition coefficient (Wildman–Crippen LogP) is 2.44. The van der Waals surface area contributed by atoms with Crippen molar-refractivity contribution in [3.63, 3.8) is 0 Å². The molecule has 0 bridgehead atoms. The van der Waals surface area contributed by atoms with Gasteiger partial charge in [0.2, 0.25) is 0 Å². The number of aromatic nitrogens is 1. The first-order valence-electron chi connectivity index (χ1n) is 6.03. The number of thiazole rings is 1. The fraction of sp³-hybridized carbons (Fsp3) is 0.667. The third-order valence-electron chi connectivity index (χ3n) is 2.67. The molecule has 0 unspecified atom stereocenters. The van der Waals surface area contributed by atoms with Crippen LogP contribution in [0.3, 0.4) is 0 Å². The maximum absolute atomic E-state index is 11.7. The van der Waals surface area contributed by atoms with Crippen molar-refractivity contribution < 1.29 is 4.79 Å². The topological polar surface area (TPSA) is 45.2 Å². The Morgan fingerprint density at radius 1 is 1.59 bits per heavy atom. The van der Waals surface area contributed by atoms with Crippen molar-refractivity contribution in [2.24, 2.45) is 0 Å². The largest absolute Gasteiger partial charge is 0.338 e. The normalized spacial score (nSPS) is 10.3. The molecule has 96 valence electrons. The van der Waals surface area contributed by atoms with Gasteiger partial charge in [-0.1, -0.05) is 13.3 Å². The third kappa shape index (κ3) is 4.73. The lowest BCUT2D eigenvalue weighted by molar-refractivity contribution is 0.209. The molecule has 0 aromatic carbocycles. The van der Waals surface area contributed by atoms with Crippen LogP contribution in [0.15, 0.2) is 5.51 Å². The van der Waals surface area contributed by atoms with E-state index in [9.17, 15) is 4.79 Å². The van der Waals surface area contributed by atoms with Crippen LogP contribution in [0, 0.1) is 6.92 Å². The number of hydrogen-bond donors (Lipinski definition) is 1. The lowest BCUT2D eigenvalue weighted by Crippen LogP contribution is -2.38. The van der Waals surface area contributed by atoms with Crippen molar-refractivity contribution in [1.29, 1.82) is 0 Å². The quantitative estimate of drug-likeness (QED) is 0.794. The molecule has 17 heavy (non-hydrogen) atoms. The fourth-order valence-corrected chi connectivity index (χ4v) is 2.21. The van der Waals surface area contributed by atoms with Crippen molar-refractivity contribution in [2.45, 2.75) is 33.1 Å². The van der Waals surface area contributed by atoms with E-state index in [0.717, 1.165) is 38.0 Å². The smallest absolute Gasteiger partial charge is 0.317 e. The Labute approximate surface area is 107 Å². The number of nitrogens with one attached hydrogen (secondary N) is 1. The number of carbonyl (C=O) groups is 1. The maximum atomic E-state index is 11.7. The molecule has 2 amide bonds. The van der Waals surface area contributed by atoms with Crippen LogP contribution in [-0.4, -0.2) is 36.1 Å². The first-order valence-corrected chi connectivity index (χ1v) is 6.91. The Kier molecular flexibility index (Phi) is 5.97. The highest BCUT2D eigenvalue weighted by molar-refractivity contribution is 7.09. The third-order valence-corrected chi connectivity index (χ3v) is 3.67. The summed E-state index contributed by atoms with van der Waals surface area (Å²) in [5.74, 6) is 0. The second kappa shape index (κ2) is 7.27. The molecule has 0 radical (unpaired) electrons. The van der Waals surface area contributed by atoms with Gasteiger partial charge in [-0.15, -0.1) is 11.3 Å². The Bertz CT molecular complexity index is 351. The van der Waals surface area contributed by atoms with Gasteiger partial charge in [0.1, 0.15) is 0 Å². The van der Waals surface area contributed by atoms with Gasteiger partial charge >= 0.3 is 6.03 Å².